The van der Waals surface area contributed by atoms with E-state index in [-0.39, 0.29) is 17.8 Å². The largest absolute Gasteiger partial charge is 0.478 e. The van der Waals surface area contributed by atoms with Crippen molar-refractivity contribution < 1.29 is 19.3 Å². The summed E-state index contributed by atoms with van der Waals surface area (Å²) in [5, 5.41) is 14.8. The zero-order chi connectivity index (χ0) is 15.2. The standard InChI is InChI=1S/C14H20BNO4S/c1-10(17)8-11-4-2-6-13(15(19)20-11)16-14(18)9-12-5-3-7-21-12/h3,5,7,11,13,19H,2,4,6,8-9H2,1H3,(H,16,18)/t11-,13-/m0/s1. The van der Waals surface area contributed by atoms with E-state index in [1.165, 1.54) is 18.3 Å². The lowest BCUT2D eigenvalue weighted by molar-refractivity contribution is -0.121. The normalized spacial score (nSPS) is 22.7. The molecule has 114 valence electrons. The molecule has 2 atom stereocenters. The van der Waals surface area contributed by atoms with Gasteiger partial charge in [0.1, 0.15) is 5.78 Å². The molecule has 5 nitrogen and oxygen atoms in total. The summed E-state index contributed by atoms with van der Waals surface area (Å²) in [6.07, 6.45) is 2.58. The maximum Gasteiger partial charge on any atom is 0.478 e. The van der Waals surface area contributed by atoms with Gasteiger partial charge in [0.15, 0.2) is 0 Å². The van der Waals surface area contributed by atoms with Crippen molar-refractivity contribution in [1.29, 1.82) is 0 Å². The van der Waals surface area contributed by atoms with E-state index in [4.69, 9.17) is 4.65 Å². The van der Waals surface area contributed by atoms with Gasteiger partial charge in [0.2, 0.25) is 5.91 Å². The molecular formula is C14H20BNO4S. The van der Waals surface area contributed by atoms with Crippen LogP contribution in [0.25, 0.3) is 0 Å². The second-order valence-electron chi connectivity index (χ2n) is 5.42. The van der Waals surface area contributed by atoms with Gasteiger partial charge in [-0.25, -0.2) is 0 Å². The minimum Gasteiger partial charge on any atom is -0.426 e. The summed E-state index contributed by atoms with van der Waals surface area (Å²) in [4.78, 5) is 24.1. The third-order valence-corrected chi connectivity index (χ3v) is 4.37. The van der Waals surface area contributed by atoms with Crippen LogP contribution in [0.1, 0.15) is 37.5 Å². The molecule has 1 aromatic rings. The first-order valence-corrected chi connectivity index (χ1v) is 8.07. The van der Waals surface area contributed by atoms with E-state index < -0.39 is 13.1 Å². The molecule has 2 N–H and O–H groups in total. The first kappa shape index (κ1) is 16.2. The number of hydrogen-bond donors (Lipinski definition) is 2. The fraction of sp³-hybridized carbons (Fsp3) is 0.571. The molecule has 0 radical (unpaired) electrons. The SMILES string of the molecule is CC(=O)C[C@@H]1CCC[C@H](NC(=O)Cc2cccs2)B(O)O1. The molecule has 2 heterocycles. The summed E-state index contributed by atoms with van der Waals surface area (Å²) in [6, 6.07) is 3.82. The zero-order valence-corrected chi connectivity index (χ0v) is 12.9. The third-order valence-electron chi connectivity index (χ3n) is 3.49. The van der Waals surface area contributed by atoms with Gasteiger partial charge in [-0.05, 0) is 37.6 Å². The molecule has 21 heavy (non-hydrogen) atoms. The fourth-order valence-corrected chi connectivity index (χ4v) is 3.22. The van der Waals surface area contributed by atoms with E-state index in [0.717, 1.165) is 17.7 Å². The summed E-state index contributed by atoms with van der Waals surface area (Å²) < 4.78 is 5.49. The van der Waals surface area contributed by atoms with Gasteiger partial charge in [0.25, 0.3) is 0 Å². The molecular weight excluding hydrogens is 289 g/mol. The molecule has 1 aliphatic heterocycles. The Morgan fingerprint density at radius 3 is 3.00 bits per heavy atom. The maximum atomic E-state index is 12.0. The Balaban J connectivity index is 1.85. The van der Waals surface area contributed by atoms with Gasteiger partial charge in [-0.2, -0.15) is 0 Å². The van der Waals surface area contributed by atoms with Crippen LogP contribution >= 0.6 is 11.3 Å². The number of rotatable bonds is 5. The minimum absolute atomic E-state index is 0.0485. The number of amides is 1. The number of carbonyl (C=O) groups is 2. The number of hydrogen-bond acceptors (Lipinski definition) is 5. The summed E-state index contributed by atoms with van der Waals surface area (Å²) in [5.41, 5.74) is 0. The van der Waals surface area contributed by atoms with Crippen LogP contribution in [0.3, 0.4) is 0 Å². The zero-order valence-electron chi connectivity index (χ0n) is 12.1. The van der Waals surface area contributed by atoms with Crippen LogP contribution in [0.15, 0.2) is 17.5 Å². The molecule has 1 amide bonds. The molecule has 1 aromatic heterocycles. The van der Waals surface area contributed by atoms with Gasteiger partial charge in [0.05, 0.1) is 12.4 Å². The molecule has 0 aromatic carbocycles. The second-order valence-corrected chi connectivity index (χ2v) is 6.45. The summed E-state index contributed by atoms with van der Waals surface area (Å²) in [7, 11) is -1.05. The predicted molar refractivity (Wildman–Crippen MR) is 81.9 cm³/mol. The second kappa shape index (κ2) is 7.73. The summed E-state index contributed by atoms with van der Waals surface area (Å²) >= 11 is 1.53. The van der Waals surface area contributed by atoms with E-state index in [9.17, 15) is 14.6 Å². The Labute approximate surface area is 128 Å². The highest BCUT2D eigenvalue weighted by Crippen LogP contribution is 2.19. The molecule has 1 saturated heterocycles. The van der Waals surface area contributed by atoms with Crippen LogP contribution in [0.5, 0.6) is 0 Å². The van der Waals surface area contributed by atoms with Crippen molar-refractivity contribution in [2.45, 2.75) is 51.1 Å². The lowest BCUT2D eigenvalue weighted by Crippen LogP contribution is -2.48. The highest BCUT2D eigenvalue weighted by Gasteiger charge is 2.34. The van der Waals surface area contributed by atoms with Crippen LogP contribution < -0.4 is 5.32 Å². The fourth-order valence-electron chi connectivity index (χ4n) is 2.51. The molecule has 1 fully saturated rings. The maximum absolute atomic E-state index is 12.0. The van der Waals surface area contributed by atoms with E-state index in [1.807, 2.05) is 17.5 Å². The number of ketones is 1. The summed E-state index contributed by atoms with van der Waals surface area (Å²) in [6.45, 7) is 1.51. The molecule has 0 saturated carbocycles. The Kier molecular flexibility index (Phi) is 5.96. The van der Waals surface area contributed by atoms with Crippen LogP contribution in [-0.2, 0) is 20.7 Å². The minimum atomic E-state index is -1.05. The topological polar surface area (TPSA) is 75.6 Å². The van der Waals surface area contributed by atoms with Gasteiger partial charge in [-0.15, -0.1) is 11.3 Å². The molecule has 0 spiro atoms. The predicted octanol–water partition coefficient (Wildman–Crippen LogP) is 1.34. The molecule has 2 rings (SSSR count). The van der Waals surface area contributed by atoms with Crippen molar-refractivity contribution in [3.63, 3.8) is 0 Å². The Morgan fingerprint density at radius 2 is 2.33 bits per heavy atom. The van der Waals surface area contributed by atoms with Crippen LogP contribution in [0.2, 0.25) is 0 Å². The van der Waals surface area contributed by atoms with Gasteiger partial charge >= 0.3 is 7.12 Å². The average Bonchev–Trinajstić information content (AvgIpc) is 2.83. The van der Waals surface area contributed by atoms with Gasteiger partial charge in [0, 0.05) is 17.4 Å². The van der Waals surface area contributed by atoms with E-state index in [2.05, 4.69) is 5.32 Å². The number of Topliss-reactive ketones (excluding diaryl/α,β-unsaturated/α-hetero) is 1. The Morgan fingerprint density at radius 1 is 1.52 bits per heavy atom. The van der Waals surface area contributed by atoms with Gasteiger partial charge < -0.3 is 15.0 Å². The molecule has 0 unspecified atom stereocenters. The molecule has 7 heteroatoms. The van der Waals surface area contributed by atoms with Gasteiger partial charge in [-0.1, -0.05) is 6.07 Å². The van der Waals surface area contributed by atoms with Crippen molar-refractivity contribution in [2.75, 3.05) is 0 Å². The van der Waals surface area contributed by atoms with Crippen LogP contribution in [0.4, 0.5) is 0 Å². The van der Waals surface area contributed by atoms with Crippen molar-refractivity contribution in [3.8, 4) is 0 Å². The van der Waals surface area contributed by atoms with E-state index in [1.54, 1.807) is 0 Å². The van der Waals surface area contributed by atoms with Crippen molar-refractivity contribution >= 4 is 30.1 Å². The molecule has 0 aliphatic carbocycles. The lowest BCUT2D eigenvalue weighted by Gasteiger charge is -2.20. The van der Waals surface area contributed by atoms with Crippen molar-refractivity contribution in [3.05, 3.63) is 22.4 Å². The third kappa shape index (κ3) is 5.26. The number of thiophene rings is 1. The Hall–Kier alpha value is -1.18. The lowest BCUT2D eigenvalue weighted by atomic mass is 9.76. The smallest absolute Gasteiger partial charge is 0.426 e. The average molecular weight is 309 g/mol. The van der Waals surface area contributed by atoms with E-state index >= 15 is 0 Å². The number of carbonyl (C=O) groups excluding carboxylic acids is 2. The van der Waals surface area contributed by atoms with Gasteiger partial charge in [-0.3, -0.25) is 9.59 Å². The van der Waals surface area contributed by atoms with Crippen LogP contribution in [0, 0.1) is 0 Å². The van der Waals surface area contributed by atoms with Crippen LogP contribution in [-0.4, -0.2) is 35.9 Å². The van der Waals surface area contributed by atoms with E-state index in [0.29, 0.717) is 19.3 Å². The monoisotopic (exact) mass is 309 g/mol. The molecule has 1 aliphatic rings. The quantitative estimate of drug-likeness (QED) is 0.805. The molecule has 0 bridgehead atoms. The highest BCUT2D eigenvalue weighted by molar-refractivity contribution is 7.10. The summed E-state index contributed by atoms with van der Waals surface area (Å²) in [5.74, 6) is -0.475. The van der Waals surface area contributed by atoms with Crippen molar-refractivity contribution in [2.24, 2.45) is 0 Å². The first-order chi connectivity index (χ1) is 10.0. The first-order valence-electron chi connectivity index (χ1n) is 7.19. The Bertz CT molecular complexity index is 479. The van der Waals surface area contributed by atoms with Crippen molar-refractivity contribution in [1.82, 2.24) is 5.32 Å². The number of nitrogens with one attached hydrogen (secondary N) is 1. The highest BCUT2D eigenvalue weighted by atomic mass is 32.1.